The van der Waals surface area contributed by atoms with E-state index < -0.39 is 10.0 Å². The molecule has 0 bridgehead atoms. The standard InChI is InChI=1S/C16H14Cl2N2O3S/c17-13-3-1-4-14(18)16(13)19-24(22,23)12-8-6-11(7-9-12)20-10-2-5-15(20)21/h1,3-4,6-9,19H,2,5,10H2. The van der Waals surface area contributed by atoms with E-state index in [1.54, 1.807) is 35.2 Å². The molecule has 126 valence electrons. The first-order valence-electron chi connectivity index (χ1n) is 7.26. The largest absolute Gasteiger partial charge is 0.312 e. The van der Waals surface area contributed by atoms with Crippen molar-refractivity contribution >= 4 is 50.5 Å². The lowest BCUT2D eigenvalue weighted by Crippen LogP contribution is -2.23. The van der Waals surface area contributed by atoms with Gasteiger partial charge in [0.05, 0.1) is 20.6 Å². The van der Waals surface area contributed by atoms with Crippen LogP contribution in [0.15, 0.2) is 47.4 Å². The fourth-order valence-corrected chi connectivity index (χ4v) is 4.22. The Balaban J connectivity index is 1.86. The summed E-state index contributed by atoms with van der Waals surface area (Å²) in [6, 6.07) is 10.9. The summed E-state index contributed by atoms with van der Waals surface area (Å²) in [5.41, 5.74) is 0.826. The van der Waals surface area contributed by atoms with Gasteiger partial charge in [0.25, 0.3) is 10.0 Å². The van der Waals surface area contributed by atoms with Crippen molar-refractivity contribution in [2.75, 3.05) is 16.2 Å². The van der Waals surface area contributed by atoms with E-state index in [4.69, 9.17) is 23.2 Å². The molecule has 1 aliphatic heterocycles. The van der Waals surface area contributed by atoms with Crippen molar-refractivity contribution in [1.29, 1.82) is 0 Å². The molecule has 1 fully saturated rings. The molecule has 0 aliphatic carbocycles. The summed E-state index contributed by atoms with van der Waals surface area (Å²) in [5.74, 6) is 0.0478. The summed E-state index contributed by atoms with van der Waals surface area (Å²) in [7, 11) is -3.83. The van der Waals surface area contributed by atoms with E-state index in [-0.39, 0.29) is 26.5 Å². The van der Waals surface area contributed by atoms with E-state index in [9.17, 15) is 13.2 Å². The SMILES string of the molecule is O=C1CCCN1c1ccc(S(=O)(=O)Nc2c(Cl)cccc2Cl)cc1. The molecule has 0 spiro atoms. The molecule has 24 heavy (non-hydrogen) atoms. The number of benzene rings is 2. The zero-order valence-corrected chi connectivity index (χ0v) is 14.8. The number of hydrogen-bond acceptors (Lipinski definition) is 3. The Kier molecular flexibility index (Phi) is 4.71. The topological polar surface area (TPSA) is 66.5 Å². The number of nitrogens with zero attached hydrogens (tertiary/aromatic N) is 1. The quantitative estimate of drug-likeness (QED) is 0.868. The predicted molar refractivity (Wildman–Crippen MR) is 95.3 cm³/mol. The number of halogens is 2. The van der Waals surface area contributed by atoms with E-state index in [1.165, 1.54) is 12.1 Å². The summed E-state index contributed by atoms with van der Waals surface area (Å²) < 4.78 is 27.4. The average molecular weight is 385 g/mol. The van der Waals surface area contributed by atoms with Crippen LogP contribution in [0.25, 0.3) is 0 Å². The van der Waals surface area contributed by atoms with Gasteiger partial charge in [-0.2, -0.15) is 0 Å². The third kappa shape index (κ3) is 3.36. The van der Waals surface area contributed by atoms with Crippen molar-refractivity contribution in [3.63, 3.8) is 0 Å². The van der Waals surface area contributed by atoms with Crippen molar-refractivity contribution in [2.45, 2.75) is 17.7 Å². The molecule has 0 saturated carbocycles. The first kappa shape index (κ1) is 17.1. The minimum atomic E-state index is -3.83. The smallest absolute Gasteiger partial charge is 0.261 e. The van der Waals surface area contributed by atoms with E-state index in [1.807, 2.05) is 0 Å². The molecule has 3 rings (SSSR count). The van der Waals surface area contributed by atoms with Crippen LogP contribution in [0.4, 0.5) is 11.4 Å². The molecule has 0 unspecified atom stereocenters. The highest BCUT2D eigenvalue weighted by Crippen LogP contribution is 2.32. The van der Waals surface area contributed by atoms with Gasteiger partial charge in [0.2, 0.25) is 5.91 Å². The highest BCUT2D eigenvalue weighted by atomic mass is 35.5. The maximum atomic E-state index is 12.5. The van der Waals surface area contributed by atoms with Crippen LogP contribution in [-0.4, -0.2) is 20.9 Å². The zero-order chi connectivity index (χ0) is 17.3. The predicted octanol–water partition coefficient (Wildman–Crippen LogP) is 3.92. The summed E-state index contributed by atoms with van der Waals surface area (Å²) in [5, 5.41) is 0.427. The number of rotatable bonds is 4. The number of carbonyl (C=O) groups is 1. The molecule has 1 heterocycles. The molecule has 1 amide bonds. The van der Waals surface area contributed by atoms with Crippen LogP contribution in [0.3, 0.4) is 0 Å². The first-order valence-corrected chi connectivity index (χ1v) is 9.50. The normalized spacial score (nSPS) is 14.9. The van der Waals surface area contributed by atoms with E-state index in [2.05, 4.69) is 4.72 Å². The van der Waals surface area contributed by atoms with Crippen LogP contribution in [0.1, 0.15) is 12.8 Å². The minimum Gasteiger partial charge on any atom is -0.312 e. The number of hydrogen-bond donors (Lipinski definition) is 1. The molecule has 8 heteroatoms. The molecular formula is C16H14Cl2N2O3S. The van der Waals surface area contributed by atoms with Crippen molar-refractivity contribution in [2.24, 2.45) is 0 Å². The van der Waals surface area contributed by atoms with Gasteiger partial charge >= 0.3 is 0 Å². The molecule has 1 saturated heterocycles. The summed E-state index contributed by atoms with van der Waals surface area (Å²) in [6.45, 7) is 0.651. The van der Waals surface area contributed by atoms with Gasteiger partial charge in [-0.25, -0.2) is 8.42 Å². The van der Waals surface area contributed by atoms with Crippen LogP contribution in [-0.2, 0) is 14.8 Å². The summed E-state index contributed by atoms with van der Waals surface area (Å²) >= 11 is 12.0. The number of anilines is 2. The number of para-hydroxylation sites is 1. The summed E-state index contributed by atoms with van der Waals surface area (Å²) in [4.78, 5) is 13.5. The Morgan fingerprint density at radius 2 is 1.62 bits per heavy atom. The second kappa shape index (κ2) is 6.63. The molecule has 2 aromatic carbocycles. The van der Waals surface area contributed by atoms with Gasteiger partial charge in [0.1, 0.15) is 0 Å². The maximum absolute atomic E-state index is 12.5. The Morgan fingerprint density at radius 1 is 1.00 bits per heavy atom. The first-order chi connectivity index (χ1) is 11.4. The third-order valence-electron chi connectivity index (χ3n) is 3.73. The highest BCUT2D eigenvalue weighted by molar-refractivity contribution is 7.92. The monoisotopic (exact) mass is 384 g/mol. The van der Waals surface area contributed by atoms with E-state index >= 15 is 0 Å². The van der Waals surface area contributed by atoms with Gasteiger partial charge < -0.3 is 4.90 Å². The van der Waals surface area contributed by atoms with Crippen LogP contribution in [0.2, 0.25) is 10.0 Å². The second-order valence-corrected chi connectivity index (χ2v) is 7.84. The highest BCUT2D eigenvalue weighted by Gasteiger charge is 2.23. The third-order valence-corrected chi connectivity index (χ3v) is 5.73. The Labute approximate surface area is 150 Å². The van der Waals surface area contributed by atoms with Crippen molar-refractivity contribution in [3.05, 3.63) is 52.5 Å². The number of amides is 1. The number of carbonyl (C=O) groups excluding carboxylic acids is 1. The average Bonchev–Trinajstić information content (AvgIpc) is 2.97. The fraction of sp³-hybridized carbons (Fsp3) is 0.188. The molecule has 5 nitrogen and oxygen atoms in total. The van der Waals surface area contributed by atoms with Crippen LogP contribution < -0.4 is 9.62 Å². The minimum absolute atomic E-state index is 0.0478. The van der Waals surface area contributed by atoms with Gasteiger partial charge in [0.15, 0.2) is 0 Å². The van der Waals surface area contributed by atoms with Crippen LogP contribution in [0.5, 0.6) is 0 Å². The van der Waals surface area contributed by atoms with E-state index in [0.717, 1.165) is 6.42 Å². The van der Waals surface area contributed by atoms with Gasteiger partial charge in [-0.1, -0.05) is 29.3 Å². The van der Waals surface area contributed by atoms with Crippen molar-refractivity contribution in [1.82, 2.24) is 0 Å². The number of sulfonamides is 1. The molecular weight excluding hydrogens is 371 g/mol. The molecule has 0 aromatic heterocycles. The molecule has 1 aliphatic rings. The lowest BCUT2D eigenvalue weighted by Gasteiger charge is -2.16. The Bertz CT molecular complexity index is 862. The summed E-state index contributed by atoms with van der Waals surface area (Å²) in [6.07, 6.45) is 1.33. The van der Waals surface area contributed by atoms with Crippen LogP contribution in [0, 0.1) is 0 Å². The van der Waals surface area contributed by atoms with Gasteiger partial charge in [-0.3, -0.25) is 9.52 Å². The van der Waals surface area contributed by atoms with Gasteiger partial charge in [-0.05, 0) is 42.8 Å². The lowest BCUT2D eigenvalue weighted by atomic mass is 10.3. The molecule has 1 N–H and O–H groups in total. The van der Waals surface area contributed by atoms with Crippen molar-refractivity contribution < 1.29 is 13.2 Å². The Hall–Kier alpha value is -1.76. The van der Waals surface area contributed by atoms with E-state index in [0.29, 0.717) is 18.7 Å². The molecule has 0 atom stereocenters. The maximum Gasteiger partial charge on any atom is 0.261 e. The van der Waals surface area contributed by atoms with Crippen LogP contribution >= 0.6 is 23.2 Å². The second-order valence-electron chi connectivity index (χ2n) is 5.34. The Morgan fingerprint density at radius 3 is 2.17 bits per heavy atom. The van der Waals surface area contributed by atoms with Gasteiger partial charge in [-0.15, -0.1) is 0 Å². The fourth-order valence-electron chi connectivity index (χ4n) is 2.51. The number of nitrogens with one attached hydrogen (secondary N) is 1. The molecule has 0 radical (unpaired) electrons. The van der Waals surface area contributed by atoms with Crippen molar-refractivity contribution in [3.8, 4) is 0 Å². The van der Waals surface area contributed by atoms with Gasteiger partial charge in [0, 0.05) is 18.7 Å². The zero-order valence-electron chi connectivity index (χ0n) is 12.5. The molecule has 2 aromatic rings. The lowest BCUT2D eigenvalue weighted by molar-refractivity contribution is -0.117.